The van der Waals surface area contributed by atoms with E-state index in [2.05, 4.69) is 4.74 Å². The van der Waals surface area contributed by atoms with Gasteiger partial charge in [-0.15, -0.1) is 0 Å². The Kier molecular flexibility index (Phi) is 5.13. The van der Waals surface area contributed by atoms with Crippen molar-refractivity contribution in [2.75, 3.05) is 6.61 Å². The van der Waals surface area contributed by atoms with Crippen molar-refractivity contribution in [3.8, 4) is 0 Å². The van der Waals surface area contributed by atoms with Crippen molar-refractivity contribution in [3.05, 3.63) is 34.9 Å². The van der Waals surface area contributed by atoms with Crippen molar-refractivity contribution in [2.24, 2.45) is 0 Å². The van der Waals surface area contributed by atoms with E-state index in [9.17, 15) is 28.2 Å². The van der Waals surface area contributed by atoms with Crippen LogP contribution in [0.3, 0.4) is 0 Å². The van der Waals surface area contributed by atoms with Crippen LogP contribution in [0.15, 0.2) is 18.2 Å². The molecule has 4 nitrogen and oxygen atoms in total. The van der Waals surface area contributed by atoms with Gasteiger partial charge in [0.1, 0.15) is 6.10 Å². The van der Waals surface area contributed by atoms with Gasteiger partial charge in [-0.1, -0.05) is 6.07 Å². The number of aliphatic hydroxyl groups is 2. The van der Waals surface area contributed by atoms with E-state index in [1.54, 1.807) is 0 Å². The van der Waals surface area contributed by atoms with Crippen molar-refractivity contribution in [1.29, 1.82) is 0 Å². The zero-order valence-electron chi connectivity index (χ0n) is 10.9. The van der Waals surface area contributed by atoms with Crippen molar-refractivity contribution in [2.45, 2.75) is 32.2 Å². The predicted octanol–water partition coefficient (Wildman–Crippen LogP) is 1.97. The Labute approximate surface area is 113 Å². The van der Waals surface area contributed by atoms with Gasteiger partial charge < -0.3 is 14.9 Å². The van der Waals surface area contributed by atoms with Crippen LogP contribution in [-0.2, 0) is 15.7 Å². The summed E-state index contributed by atoms with van der Waals surface area (Å²) >= 11 is 0. The monoisotopic (exact) mass is 292 g/mol. The molecule has 0 amide bonds. The summed E-state index contributed by atoms with van der Waals surface area (Å²) in [6, 6.07) is 2.74. The summed E-state index contributed by atoms with van der Waals surface area (Å²) in [6.45, 7) is 2.97. The van der Waals surface area contributed by atoms with Crippen molar-refractivity contribution in [1.82, 2.24) is 0 Å². The molecule has 1 aromatic carbocycles. The third kappa shape index (κ3) is 3.71. The van der Waals surface area contributed by atoms with Crippen LogP contribution in [-0.4, -0.2) is 28.9 Å². The Morgan fingerprint density at radius 3 is 2.45 bits per heavy atom. The predicted molar refractivity (Wildman–Crippen MR) is 63.8 cm³/mol. The van der Waals surface area contributed by atoms with Crippen LogP contribution in [0, 0.1) is 6.92 Å². The summed E-state index contributed by atoms with van der Waals surface area (Å²) in [4.78, 5) is 11.3. The number of halogens is 3. The topological polar surface area (TPSA) is 66.8 Å². The molecule has 0 radical (unpaired) electrons. The maximum atomic E-state index is 12.6. The van der Waals surface area contributed by atoms with Gasteiger partial charge >= 0.3 is 12.1 Å². The second-order valence-electron chi connectivity index (χ2n) is 4.21. The molecular formula is C13H15F3O4. The first-order chi connectivity index (χ1) is 9.18. The number of carbonyl (C=O) groups is 1. The van der Waals surface area contributed by atoms with Gasteiger partial charge in [0.05, 0.1) is 12.2 Å². The first kappa shape index (κ1) is 16.5. The number of benzene rings is 1. The molecule has 1 aromatic rings. The highest BCUT2D eigenvalue weighted by atomic mass is 19.4. The van der Waals surface area contributed by atoms with Gasteiger partial charge in [-0.25, -0.2) is 4.79 Å². The molecule has 0 aromatic heterocycles. The minimum absolute atomic E-state index is 0.00974. The quantitative estimate of drug-likeness (QED) is 0.833. The second-order valence-corrected chi connectivity index (χ2v) is 4.21. The lowest BCUT2D eigenvalue weighted by Crippen LogP contribution is -2.30. The number of aliphatic hydroxyl groups excluding tert-OH is 2. The van der Waals surface area contributed by atoms with E-state index in [4.69, 9.17) is 0 Å². The van der Waals surface area contributed by atoms with Crippen molar-refractivity contribution < 1.29 is 32.9 Å². The van der Waals surface area contributed by atoms with Crippen molar-refractivity contribution >= 4 is 5.97 Å². The number of ether oxygens (including phenoxy) is 1. The SMILES string of the molecule is CCOC(=O)C(O)C(O)c1cc(C(F)(F)F)ccc1C. The molecule has 0 aliphatic heterocycles. The van der Waals surface area contributed by atoms with Crippen molar-refractivity contribution in [3.63, 3.8) is 0 Å². The maximum absolute atomic E-state index is 12.6. The highest BCUT2D eigenvalue weighted by Gasteiger charge is 2.33. The molecule has 0 spiro atoms. The molecule has 0 bridgehead atoms. The number of rotatable bonds is 4. The molecule has 1 rings (SSSR count). The molecule has 0 aliphatic carbocycles. The summed E-state index contributed by atoms with van der Waals surface area (Å²) < 4.78 is 42.3. The summed E-state index contributed by atoms with van der Waals surface area (Å²) in [6.07, 6.45) is -8.29. The van der Waals surface area contributed by atoms with Gasteiger partial charge in [0.15, 0.2) is 6.10 Å². The Morgan fingerprint density at radius 2 is 1.95 bits per heavy atom. The minimum atomic E-state index is -4.57. The van der Waals surface area contributed by atoms with Gasteiger partial charge in [0.25, 0.3) is 0 Å². The largest absolute Gasteiger partial charge is 0.464 e. The van der Waals surface area contributed by atoms with E-state index < -0.39 is 29.9 Å². The number of hydrogen-bond acceptors (Lipinski definition) is 4. The van der Waals surface area contributed by atoms with Crippen LogP contribution < -0.4 is 0 Å². The molecule has 2 unspecified atom stereocenters. The van der Waals surface area contributed by atoms with E-state index in [1.165, 1.54) is 19.9 Å². The first-order valence-electron chi connectivity index (χ1n) is 5.89. The molecule has 0 aliphatic rings. The maximum Gasteiger partial charge on any atom is 0.416 e. The lowest BCUT2D eigenvalue weighted by atomic mass is 9.97. The van der Waals surface area contributed by atoms with Crippen LogP contribution in [0.25, 0.3) is 0 Å². The lowest BCUT2D eigenvalue weighted by molar-refractivity contribution is -0.159. The van der Waals surface area contributed by atoms with E-state index in [0.29, 0.717) is 11.6 Å². The molecular weight excluding hydrogens is 277 g/mol. The number of esters is 1. The number of alkyl halides is 3. The van der Waals surface area contributed by atoms with Gasteiger partial charge in [-0.05, 0) is 37.1 Å². The standard InChI is InChI=1S/C13H15F3O4/c1-3-20-12(19)11(18)10(17)9-6-8(13(14,15)16)5-4-7(9)2/h4-6,10-11,17-18H,3H2,1-2H3. The Morgan fingerprint density at radius 1 is 1.35 bits per heavy atom. The smallest absolute Gasteiger partial charge is 0.416 e. The molecule has 7 heteroatoms. The van der Waals surface area contributed by atoms with Gasteiger partial charge in [0, 0.05) is 0 Å². The fraction of sp³-hybridized carbons (Fsp3) is 0.462. The Hall–Kier alpha value is -1.60. The zero-order valence-corrected chi connectivity index (χ0v) is 10.9. The molecule has 2 N–H and O–H groups in total. The second kappa shape index (κ2) is 6.23. The molecule has 20 heavy (non-hydrogen) atoms. The Balaban J connectivity index is 3.09. The number of carbonyl (C=O) groups excluding carboxylic acids is 1. The summed E-state index contributed by atoms with van der Waals surface area (Å²) in [5.41, 5.74) is -0.803. The molecule has 0 fully saturated rings. The van der Waals surface area contributed by atoms with E-state index >= 15 is 0 Å². The number of aryl methyl sites for hydroxylation is 1. The van der Waals surface area contributed by atoms with Crippen LogP contribution in [0.1, 0.15) is 29.7 Å². The van der Waals surface area contributed by atoms with Crippen LogP contribution >= 0.6 is 0 Å². The summed E-state index contributed by atoms with van der Waals surface area (Å²) in [7, 11) is 0. The highest BCUT2D eigenvalue weighted by Crippen LogP contribution is 2.32. The average Bonchev–Trinajstić information content (AvgIpc) is 2.36. The third-order valence-corrected chi connectivity index (χ3v) is 2.75. The minimum Gasteiger partial charge on any atom is -0.464 e. The van der Waals surface area contributed by atoms with Gasteiger partial charge in [-0.3, -0.25) is 0 Å². The molecule has 0 saturated heterocycles. The zero-order chi connectivity index (χ0) is 15.5. The fourth-order valence-corrected chi connectivity index (χ4v) is 1.66. The van der Waals surface area contributed by atoms with Crippen LogP contribution in [0.4, 0.5) is 13.2 Å². The number of hydrogen-bond donors (Lipinski definition) is 2. The Bertz CT molecular complexity index is 485. The van der Waals surface area contributed by atoms with Crippen LogP contribution in [0.2, 0.25) is 0 Å². The molecule has 2 atom stereocenters. The van der Waals surface area contributed by atoms with Gasteiger partial charge in [0.2, 0.25) is 0 Å². The van der Waals surface area contributed by atoms with E-state index in [1.807, 2.05) is 0 Å². The summed E-state index contributed by atoms with van der Waals surface area (Å²) in [5.74, 6) is -1.09. The highest BCUT2D eigenvalue weighted by molar-refractivity contribution is 5.75. The average molecular weight is 292 g/mol. The third-order valence-electron chi connectivity index (χ3n) is 2.75. The fourth-order valence-electron chi connectivity index (χ4n) is 1.66. The first-order valence-corrected chi connectivity index (χ1v) is 5.89. The van der Waals surface area contributed by atoms with Gasteiger partial charge in [-0.2, -0.15) is 13.2 Å². The van der Waals surface area contributed by atoms with E-state index in [0.717, 1.165) is 6.07 Å². The normalized spacial score (nSPS) is 14.8. The lowest BCUT2D eigenvalue weighted by Gasteiger charge is -2.20. The van der Waals surface area contributed by atoms with E-state index in [-0.39, 0.29) is 12.2 Å². The molecule has 0 saturated carbocycles. The molecule has 0 heterocycles. The summed E-state index contributed by atoms with van der Waals surface area (Å²) in [5, 5.41) is 19.4. The molecule has 112 valence electrons. The van der Waals surface area contributed by atoms with Crippen LogP contribution in [0.5, 0.6) is 0 Å².